The van der Waals surface area contributed by atoms with E-state index in [-0.39, 0.29) is 28.2 Å². The Bertz CT molecular complexity index is 984. The Labute approximate surface area is 141 Å². The molecule has 3 rings (SSSR count). The number of carbonyl (C=O) groups is 2. The lowest BCUT2D eigenvalue weighted by atomic mass is 9.87. The summed E-state index contributed by atoms with van der Waals surface area (Å²) in [5, 5.41) is 9.82. The number of phenolic OH excluding ortho intramolecular Hbond substituents is 1. The van der Waals surface area contributed by atoms with Crippen LogP contribution >= 0.6 is 0 Å². The van der Waals surface area contributed by atoms with Crippen LogP contribution in [0.15, 0.2) is 39.2 Å². The van der Waals surface area contributed by atoms with Crippen LogP contribution in [0.1, 0.15) is 12.5 Å². The van der Waals surface area contributed by atoms with Gasteiger partial charge in [-0.1, -0.05) is 6.07 Å². The molecule has 0 fully saturated rings. The number of hydrogen-bond acceptors (Lipinski definition) is 8. The van der Waals surface area contributed by atoms with Crippen molar-refractivity contribution in [2.75, 3.05) is 14.2 Å². The van der Waals surface area contributed by atoms with Gasteiger partial charge in [-0.3, -0.25) is 9.59 Å². The molecule has 130 valence electrons. The highest BCUT2D eigenvalue weighted by Crippen LogP contribution is 2.41. The zero-order valence-electron chi connectivity index (χ0n) is 13.6. The van der Waals surface area contributed by atoms with Crippen molar-refractivity contribution in [2.24, 2.45) is 0 Å². The summed E-state index contributed by atoms with van der Waals surface area (Å²) in [4.78, 5) is 38.1. The third kappa shape index (κ3) is 2.10. The number of rotatable bonds is 3. The molecule has 0 radical (unpaired) electrons. The van der Waals surface area contributed by atoms with Crippen LogP contribution in [0.5, 0.6) is 11.7 Å². The first-order valence-electron chi connectivity index (χ1n) is 7.19. The number of fused-ring (bicyclic) bond motifs is 1. The maximum atomic E-state index is 13.0. The van der Waals surface area contributed by atoms with Crippen molar-refractivity contribution in [1.29, 1.82) is 0 Å². The van der Waals surface area contributed by atoms with E-state index in [9.17, 15) is 19.5 Å². The van der Waals surface area contributed by atoms with Crippen molar-refractivity contribution in [3.8, 4) is 11.7 Å². The summed E-state index contributed by atoms with van der Waals surface area (Å²) in [5.74, 6) is -2.64. The summed E-state index contributed by atoms with van der Waals surface area (Å²) in [6.07, 6.45) is 1.06. The average molecular weight is 346 g/mol. The Hall–Kier alpha value is -3.29. The largest absolute Gasteiger partial charge is 0.507 e. The molecule has 0 saturated carbocycles. The first-order chi connectivity index (χ1) is 11.9. The van der Waals surface area contributed by atoms with Crippen molar-refractivity contribution >= 4 is 22.7 Å². The van der Waals surface area contributed by atoms with Crippen LogP contribution in [-0.2, 0) is 24.7 Å². The average Bonchev–Trinajstić information content (AvgIpc) is 2.90. The molecule has 0 spiro atoms. The fraction of sp³-hybridized carbons (Fsp3) is 0.235. The molecule has 2 aromatic rings. The van der Waals surface area contributed by atoms with Crippen molar-refractivity contribution in [3.63, 3.8) is 0 Å². The highest BCUT2D eigenvalue weighted by molar-refractivity contribution is 6.17. The molecule has 1 aliphatic rings. The number of esters is 1. The maximum Gasteiger partial charge on any atom is 0.363 e. The molecule has 1 aromatic carbocycles. The summed E-state index contributed by atoms with van der Waals surface area (Å²) in [5.41, 5.74) is -3.57. The smallest absolute Gasteiger partial charge is 0.363 e. The van der Waals surface area contributed by atoms with E-state index in [2.05, 4.69) is 0 Å². The molecule has 0 bridgehead atoms. The molecular weight excluding hydrogens is 332 g/mol. The van der Waals surface area contributed by atoms with E-state index in [0.717, 1.165) is 13.4 Å². The van der Waals surface area contributed by atoms with Gasteiger partial charge in [0.25, 0.3) is 5.95 Å². The van der Waals surface area contributed by atoms with Gasteiger partial charge >= 0.3 is 11.6 Å². The third-order valence-electron chi connectivity index (χ3n) is 3.97. The van der Waals surface area contributed by atoms with E-state index in [4.69, 9.17) is 18.6 Å². The lowest BCUT2D eigenvalue weighted by molar-refractivity contribution is -0.166. The number of hydrogen-bond donors (Lipinski definition) is 1. The van der Waals surface area contributed by atoms with E-state index in [0.29, 0.717) is 0 Å². The van der Waals surface area contributed by atoms with Gasteiger partial charge in [0.1, 0.15) is 22.3 Å². The Morgan fingerprint density at radius 2 is 1.96 bits per heavy atom. The predicted octanol–water partition coefficient (Wildman–Crippen LogP) is 1.38. The second kappa shape index (κ2) is 5.66. The van der Waals surface area contributed by atoms with E-state index >= 15 is 0 Å². The van der Waals surface area contributed by atoms with Crippen molar-refractivity contribution in [2.45, 2.75) is 12.5 Å². The zero-order chi connectivity index (χ0) is 18.4. The van der Waals surface area contributed by atoms with Crippen LogP contribution < -0.4 is 10.2 Å². The summed E-state index contributed by atoms with van der Waals surface area (Å²) in [7, 11) is 2.27. The number of benzene rings is 1. The topological polar surface area (TPSA) is 112 Å². The van der Waals surface area contributed by atoms with Crippen LogP contribution in [0.4, 0.5) is 0 Å². The first kappa shape index (κ1) is 16.6. The van der Waals surface area contributed by atoms with Crippen LogP contribution in [0.25, 0.3) is 11.0 Å². The van der Waals surface area contributed by atoms with E-state index < -0.39 is 28.3 Å². The highest BCUT2D eigenvalue weighted by Gasteiger charge is 2.58. The number of Topliss-reactive ketones (excluding diaryl/α,β-unsaturated/α-hetero) is 1. The van der Waals surface area contributed by atoms with E-state index in [1.54, 1.807) is 0 Å². The molecule has 1 aliphatic heterocycles. The number of aromatic hydroxyl groups is 1. The molecule has 1 N–H and O–H groups in total. The SMILES string of the molecule is COC(=O)[C@]1(c2c(OC)oc3cccc(O)c3c2=O)OC=C(C)C1=O. The second-order valence-electron chi connectivity index (χ2n) is 5.37. The monoisotopic (exact) mass is 346 g/mol. The molecule has 0 unspecified atom stereocenters. The van der Waals surface area contributed by atoms with Crippen molar-refractivity contribution in [1.82, 2.24) is 0 Å². The maximum absolute atomic E-state index is 13.0. The molecule has 0 aliphatic carbocycles. The Balaban J connectivity index is 2.46. The summed E-state index contributed by atoms with van der Waals surface area (Å²) in [6, 6.07) is 4.19. The molecule has 0 amide bonds. The quantitative estimate of drug-likeness (QED) is 0.655. The number of carbonyl (C=O) groups excluding carboxylic acids is 2. The van der Waals surface area contributed by atoms with E-state index in [1.165, 1.54) is 32.2 Å². The normalized spacial score (nSPS) is 19.5. The van der Waals surface area contributed by atoms with Crippen LogP contribution in [-0.4, -0.2) is 31.1 Å². The Morgan fingerprint density at radius 3 is 2.52 bits per heavy atom. The van der Waals surface area contributed by atoms with Gasteiger partial charge in [0, 0.05) is 5.57 Å². The van der Waals surface area contributed by atoms with Gasteiger partial charge in [-0.15, -0.1) is 0 Å². The van der Waals surface area contributed by atoms with Crippen LogP contribution in [0, 0.1) is 0 Å². The minimum atomic E-state index is -2.39. The molecular formula is C17H14O8. The van der Waals surface area contributed by atoms with Gasteiger partial charge in [-0.2, -0.15) is 0 Å². The molecule has 2 heterocycles. The third-order valence-corrected chi connectivity index (χ3v) is 3.97. The molecule has 1 atom stereocenters. The van der Waals surface area contributed by atoms with Crippen molar-refractivity contribution in [3.05, 3.63) is 45.8 Å². The van der Waals surface area contributed by atoms with Gasteiger partial charge in [0.05, 0.1) is 20.5 Å². The van der Waals surface area contributed by atoms with Crippen LogP contribution in [0.3, 0.4) is 0 Å². The van der Waals surface area contributed by atoms with Gasteiger partial charge in [-0.25, -0.2) is 4.79 Å². The van der Waals surface area contributed by atoms with Crippen LogP contribution in [0.2, 0.25) is 0 Å². The van der Waals surface area contributed by atoms with Gasteiger partial charge in [0.15, 0.2) is 0 Å². The fourth-order valence-electron chi connectivity index (χ4n) is 2.77. The molecule has 8 heteroatoms. The van der Waals surface area contributed by atoms with Gasteiger partial charge in [-0.05, 0) is 19.1 Å². The van der Waals surface area contributed by atoms with Gasteiger partial charge in [0.2, 0.25) is 11.2 Å². The minimum absolute atomic E-state index is 0.0285. The first-order valence-corrected chi connectivity index (χ1v) is 7.19. The fourth-order valence-corrected chi connectivity index (χ4v) is 2.77. The summed E-state index contributed by atoms with van der Waals surface area (Å²) < 4.78 is 20.6. The standard InChI is InChI=1S/C17H14O8/c1-8-7-24-17(14(8)20,16(21)23-3)12-13(19)11-9(18)5-4-6-10(11)25-15(12)22-2/h4-7,18H,1-3H3/t17-/m1/s1. The van der Waals surface area contributed by atoms with E-state index in [1.807, 2.05) is 0 Å². The minimum Gasteiger partial charge on any atom is -0.507 e. The zero-order valence-corrected chi connectivity index (χ0v) is 13.6. The number of methoxy groups -OCH3 is 2. The Kier molecular flexibility index (Phi) is 3.75. The highest BCUT2D eigenvalue weighted by atomic mass is 16.6. The molecule has 25 heavy (non-hydrogen) atoms. The molecule has 0 saturated heterocycles. The summed E-state index contributed by atoms with van der Waals surface area (Å²) >= 11 is 0. The van der Waals surface area contributed by atoms with Gasteiger partial charge < -0.3 is 23.7 Å². The second-order valence-corrected chi connectivity index (χ2v) is 5.37. The molecule has 8 nitrogen and oxygen atoms in total. The number of phenols is 1. The Morgan fingerprint density at radius 1 is 1.24 bits per heavy atom. The number of ether oxygens (including phenoxy) is 3. The lowest BCUT2D eigenvalue weighted by Crippen LogP contribution is -2.47. The molecule has 1 aromatic heterocycles. The lowest BCUT2D eigenvalue weighted by Gasteiger charge is -2.25. The predicted molar refractivity (Wildman–Crippen MR) is 84.2 cm³/mol. The summed E-state index contributed by atoms with van der Waals surface area (Å²) in [6.45, 7) is 1.43. The van der Waals surface area contributed by atoms with Crippen molar-refractivity contribution < 1.29 is 33.3 Å². The number of ketones is 1.